The Balaban J connectivity index is 1.66. The molecule has 1 atom stereocenters. The first-order chi connectivity index (χ1) is 12.4. The van der Waals surface area contributed by atoms with E-state index in [-0.39, 0.29) is 18.0 Å². The highest BCUT2D eigenvalue weighted by Crippen LogP contribution is 2.27. The number of hydrogen-bond donors (Lipinski definition) is 2. The third kappa shape index (κ3) is 4.29. The fourth-order valence-corrected chi connectivity index (χ4v) is 3.45. The quantitative estimate of drug-likeness (QED) is 0.861. The third-order valence-corrected chi connectivity index (χ3v) is 4.96. The minimum atomic E-state index is -0.592. The van der Waals surface area contributed by atoms with Crippen LogP contribution in [0.2, 0.25) is 0 Å². The van der Waals surface area contributed by atoms with Gasteiger partial charge in [0.25, 0.3) is 0 Å². The van der Waals surface area contributed by atoms with Gasteiger partial charge in [-0.15, -0.1) is 0 Å². The van der Waals surface area contributed by atoms with E-state index in [2.05, 4.69) is 15.6 Å². The molecule has 1 saturated heterocycles. The first-order valence-corrected chi connectivity index (χ1v) is 8.98. The number of aliphatic imine (C=N–C) groups is 1. The Morgan fingerprint density at radius 1 is 1.27 bits per heavy atom. The highest BCUT2D eigenvalue weighted by atomic mass is 32.2. The number of benzene rings is 2. The summed E-state index contributed by atoms with van der Waals surface area (Å²) in [7, 11) is 0. The number of aryl methyl sites for hydroxylation is 2. The lowest BCUT2D eigenvalue weighted by molar-refractivity contribution is -0.122. The van der Waals surface area contributed by atoms with Crippen LogP contribution in [0.1, 0.15) is 17.5 Å². The van der Waals surface area contributed by atoms with E-state index in [0.717, 1.165) is 16.8 Å². The van der Waals surface area contributed by atoms with Gasteiger partial charge in [-0.3, -0.25) is 9.59 Å². The molecule has 1 aliphatic rings. The molecule has 0 spiro atoms. The maximum atomic E-state index is 13.6. The SMILES string of the molecule is Cc1ccc(C)c(N=C2NC(=O)[C@H](CC(=O)Nc3ccccc3F)S2)c1. The molecule has 1 aliphatic heterocycles. The molecular weight excluding hydrogens is 353 g/mol. The molecule has 0 saturated carbocycles. The molecule has 2 N–H and O–H groups in total. The molecule has 0 bridgehead atoms. The van der Waals surface area contributed by atoms with Crippen LogP contribution in [0.25, 0.3) is 0 Å². The minimum Gasteiger partial charge on any atom is -0.324 e. The maximum absolute atomic E-state index is 13.6. The molecule has 2 amide bonds. The standard InChI is InChI=1S/C19H18FN3O2S/c1-11-7-8-12(2)15(9-11)22-19-23-18(25)16(26-19)10-17(24)21-14-6-4-3-5-13(14)20/h3-9,16H,10H2,1-2H3,(H,21,24)(H,22,23,25)/t16-/m0/s1. The van der Waals surface area contributed by atoms with Crippen LogP contribution in [0.3, 0.4) is 0 Å². The highest BCUT2D eigenvalue weighted by molar-refractivity contribution is 8.15. The van der Waals surface area contributed by atoms with E-state index in [1.807, 2.05) is 32.0 Å². The average Bonchev–Trinajstić information content (AvgIpc) is 2.92. The number of rotatable bonds is 4. The Bertz CT molecular complexity index is 898. The smallest absolute Gasteiger partial charge is 0.240 e. The van der Waals surface area contributed by atoms with Crippen LogP contribution in [0.15, 0.2) is 47.5 Å². The molecule has 0 unspecified atom stereocenters. The summed E-state index contributed by atoms with van der Waals surface area (Å²) in [6.07, 6.45) is -0.0589. The van der Waals surface area contributed by atoms with Crippen LogP contribution >= 0.6 is 11.8 Å². The second kappa shape index (κ2) is 7.70. The van der Waals surface area contributed by atoms with Gasteiger partial charge < -0.3 is 10.6 Å². The molecule has 26 heavy (non-hydrogen) atoms. The van der Waals surface area contributed by atoms with Crippen molar-refractivity contribution in [3.63, 3.8) is 0 Å². The first-order valence-electron chi connectivity index (χ1n) is 8.10. The van der Waals surface area contributed by atoms with E-state index >= 15 is 0 Å². The summed E-state index contributed by atoms with van der Waals surface area (Å²) in [5.74, 6) is -1.21. The predicted molar refractivity (Wildman–Crippen MR) is 102 cm³/mol. The third-order valence-electron chi connectivity index (χ3n) is 3.88. The van der Waals surface area contributed by atoms with Gasteiger partial charge in [0.15, 0.2) is 5.17 Å². The van der Waals surface area contributed by atoms with Gasteiger partial charge in [-0.05, 0) is 43.2 Å². The Labute approximate surface area is 155 Å². The Morgan fingerprint density at radius 3 is 2.81 bits per heavy atom. The van der Waals surface area contributed by atoms with Crippen LogP contribution in [-0.4, -0.2) is 22.2 Å². The van der Waals surface area contributed by atoms with E-state index in [1.165, 1.54) is 23.9 Å². The summed E-state index contributed by atoms with van der Waals surface area (Å²) in [4.78, 5) is 28.7. The lowest BCUT2D eigenvalue weighted by Gasteiger charge is -2.08. The summed E-state index contributed by atoms with van der Waals surface area (Å²) >= 11 is 1.21. The molecule has 7 heteroatoms. The normalized spacial score (nSPS) is 18.0. The Kier molecular flexibility index (Phi) is 5.37. The summed E-state index contributed by atoms with van der Waals surface area (Å²) in [5.41, 5.74) is 2.96. The average molecular weight is 371 g/mol. The van der Waals surface area contributed by atoms with Crippen LogP contribution in [0.5, 0.6) is 0 Å². The lowest BCUT2D eigenvalue weighted by atomic mass is 10.1. The van der Waals surface area contributed by atoms with Crippen molar-refractivity contribution >= 4 is 40.1 Å². The zero-order chi connectivity index (χ0) is 18.7. The fraction of sp³-hybridized carbons (Fsp3) is 0.211. The number of carbonyl (C=O) groups is 2. The van der Waals surface area contributed by atoms with E-state index in [1.54, 1.807) is 12.1 Å². The molecule has 5 nitrogen and oxygen atoms in total. The molecule has 0 radical (unpaired) electrons. The van der Waals surface area contributed by atoms with Crippen LogP contribution in [-0.2, 0) is 9.59 Å². The van der Waals surface area contributed by atoms with Crippen LogP contribution < -0.4 is 10.6 Å². The summed E-state index contributed by atoms with van der Waals surface area (Å²) in [6.45, 7) is 3.92. The number of hydrogen-bond acceptors (Lipinski definition) is 4. The molecule has 1 fully saturated rings. The number of anilines is 1. The number of amidine groups is 1. The number of halogens is 1. The van der Waals surface area contributed by atoms with Crippen LogP contribution in [0, 0.1) is 19.7 Å². The number of nitrogens with zero attached hydrogens (tertiary/aromatic N) is 1. The monoisotopic (exact) mass is 371 g/mol. The zero-order valence-electron chi connectivity index (χ0n) is 14.4. The molecule has 0 aromatic heterocycles. The lowest BCUT2D eigenvalue weighted by Crippen LogP contribution is -2.28. The van der Waals surface area contributed by atoms with Gasteiger partial charge in [-0.1, -0.05) is 36.0 Å². The summed E-state index contributed by atoms with van der Waals surface area (Å²) in [5, 5.41) is 5.06. The van der Waals surface area contributed by atoms with Crippen molar-refractivity contribution < 1.29 is 14.0 Å². The molecule has 134 valence electrons. The Hall–Kier alpha value is -2.67. The van der Waals surface area contributed by atoms with Crippen molar-refractivity contribution in [2.75, 3.05) is 5.32 Å². The van der Waals surface area contributed by atoms with Gasteiger partial charge in [0.05, 0.1) is 11.4 Å². The molecule has 0 aliphatic carbocycles. The van der Waals surface area contributed by atoms with E-state index in [4.69, 9.17) is 0 Å². The van der Waals surface area contributed by atoms with Crippen molar-refractivity contribution in [1.29, 1.82) is 0 Å². The number of nitrogens with one attached hydrogen (secondary N) is 2. The first kappa shape index (κ1) is 18.1. The zero-order valence-corrected chi connectivity index (χ0v) is 15.2. The van der Waals surface area contributed by atoms with Crippen LogP contribution in [0.4, 0.5) is 15.8 Å². The van der Waals surface area contributed by atoms with Gasteiger partial charge in [0, 0.05) is 6.42 Å². The second-order valence-electron chi connectivity index (χ2n) is 6.03. The van der Waals surface area contributed by atoms with Crippen molar-refractivity contribution in [1.82, 2.24) is 5.32 Å². The van der Waals surface area contributed by atoms with Crippen molar-refractivity contribution in [3.8, 4) is 0 Å². The van der Waals surface area contributed by atoms with E-state index in [0.29, 0.717) is 5.17 Å². The fourth-order valence-electron chi connectivity index (χ4n) is 2.47. The topological polar surface area (TPSA) is 70.6 Å². The summed E-state index contributed by atoms with van der Waals surface area (Å²) in [6, 6.07) is 11.8. The molecule has 3 rings (SSSR count). The second-order valence-corrected chi connectivity index (χ2v) is 7.23. The van der Waals surface area contributed by atoms with E-state index in [9.17, 15) is 14.0 Å². The highest BCUT2D eigenvalue weighted by Gasteiger charge is 2.32. The van der Waals surface area contributed by atoms with E-state index < -0.39 is 17.0 Å². The number of para-hydroxylation sites is 1. The molecule has 1 heterocycles. The van der Waals surface area contributed by atoms with Gasteiger partial charge >= 0.3 is 0 Å². The van der Waals surface area contributed by atoms with Crippen molar-refractivity contribution in [2.45, 2.75) is 25.5 Å². The van der Waals surface area contributed by atoms with Crippen molar-refractivity contribution in [3.05, 3.63) is 59.4 Å². The molecule has 2 aromatic rings. The minimum absolute atomic E-state index is 0.0589. The maximum Gasteiger partial charge on any atom is 0.240 e. The van der Waals surface area contributed by atoms with Gasteiger partial charge in [0.1, 0.15) is 11.1 Å². The van der Waals surface area contributed by atoms with Gasteiger partial charge in [-0.2, -0.15) is 0 Å². The van der Waals surface area contributed by atoms with Crippen molar-refractivity contribution in [2.24, 2.45) is 4.99 Å². The number of amides is 2. The number of thioether (sulfide) groups is 1. The Morgan fingerprint density at radius 2 is 2.04 bits per heavy atom. The number of carbonyl (C=O) groups excluding carboxylic acids is 2. The molecule has 2 aromatic carbocycles. The molecular formula is C19H18FN3O2S. The van der Waals surface area contributed by atoms with Gasteiger partial charge in [0.2, 0.25) is 11.8 Å². The summed E-state index contributed by atoms with van der Waals surface area (Å²) < 4.78 is 13.6. The predicted octanol–water partition coefficient (Wildman–Crippen LogP) is 3.69. The van der Waals surface area contributed by atoms with Gasteiger partial charge in [-0.25, -0.2) is 9.38 Å². The largest absolute Gasteiger partial charge is 0.324 e.